The molecule has 22 heavy (non-hydrogen) atoms. The maximum Gasteiger partial charge on any atom is 0.311 e. The van der Waals surface area contributed by atoms with Crippen molar-refractivity contribution in [3.8, 4) is 0 Å². The van der Waals surface area contributed by atoms with Crippen molar-refractivity contribution in [2.75, 3.05) is 0 Å². The third-order valence-corrected chi connectivity index (χ3v) is 4.29. The van der Waals surface area contributed by atoms with Crippen LogP contribution in [-0.2, 0) is 17.6 Å². The number of tetrazole rings is 1. The highest BCUT2D eigenvalue weighted by molar-refractivity contribution is 5.68. The fraction of sp³-hybridized carbons (Fsp3) is 0.500. The van der Waals surface area contributed by atoms with Crippen molar-refractivity contribution in [2.45, 2.75) is 44.6 Å². The third kappa shape index (κ3) is 3.50. The van der Waals surface area contributed by atoms with Gasteiger partial charge in [-0.3, -0.25) is 4.79 Å². The third-order valence-electron chi connectivity index (χ3n) is 4.29. The van der Waals surface area contributed by atoms with E-state index in [9.17, 15) is 4.79 Å². The number of hydrogen-bond donors (Lipinski definition) is 1. The predicted molar refractivity (Wildman–Crippen MR) is 80.3 cm³/mol. The van der Waals surface area contributed by atoms with Crippen molar-refractivity contribution < 1.29 is 9.90 Å². The molecule has 0 radical (unpaired) electrons. The average Bonchev–Trinajstić information content (AvgIpc) is 2.96. The van der Waals surface area contributed by atoms with Crippen LogP contribution in [-0.4, -0.2) is 31.3 Å². The number of carbonyl (C=O) groups is 1. The van der Waals surface area contributed by atoms with Crippen LogP contribution in [0.3, 0.4) is 0 Å². The van der Waals surface area contributed by atoms with Gasteiger partial charge in [0, 0.05) is 0 Å². The number of hydrogen-bond acceptors (Lipinski definition) is 4. The lowest BCUT2D eigenvalue weighted by atomic mass is 9.81. The van der Waals surface area contributed by atoms with E-state index in [4.69, 9.17) is 5.11 Å². The minimum Gasteiger partial charge on any atom is -0.481 e. The van der Waals surface area contributed by atoms with Crippen LogP contribution >= 0.6 is 0 Å². The molecule has 6 nitrogen and oxygen atoms in total. The Bertz CT molecular complexity index is 626. The molecule has 1 fully saturated rings. The number of aromatic nitrogens is 4. The van der Waals surface area contributed by atoms with Crippen LogP contribution in [0.25, 0.3) is 0 Å². The molecule has 1 aromatic carbocycles. The van der Waals surface area contributed by atoms with E-state index in [1.54, 1.807) is 4.80 Å². The molecular weight excluding hydrogens is 280 g/mol. The first-order valence-electron chi connectivity index (χ1n) is 7.76. The maximum absolute atomic E-state index is 10.7. The second-order valence-electron chi connectivity index (χ2n) is 5.90. The molecule has 0 bridgehead atoms. The summed E-state index contributed by atoms with van der Waals surface area (Å²) < 4.78 is 0. The van der Waals surface area contributed by atoms with Crippen molar-refractivity contribution in [1.82, 2.24) is 20.2 Å². The zero-order valence-electron chi connectivity index (χ0n) is 12.4. The molecule has 2 atom stereocenters. The fourth-order valence-corrected chi connectivity index (χ4v) is 3.25. The summed E-state index contributed by atoms with van der Waals surface area (Å²) >= 11 is 0. The van der Waals surface area contributed by atoms with E-state index >= 15 is 0 Å². The summed E-state index contributed by atoms with van der Waals surface area (Å²) in [7, 11) is 0. The Morgan fingerprint density at radius 1 is 1.23 bits per heavy atom. The van der Waals surface area contributed by atoms with Crippen LogP contribution < -0.4 is 0 Å². The minimum absolute atomic E-state index is 0.171. The van der Waals surface area contributed by atoms with Gasteiger partial charge in [-0.25, -0.2) is 0 Å². The lowest BCUT2D eigenvalue weighted by molar-refractivity contribution is -0.136. The Kier molecular flexibility index (Phi) is 4.46. The van der Waals surface area contributed by atoms with Crippen LogP contribution in [0.15, 0.2) is 30.3 Å². The van der Waals surface area contributed by atoms with E-state index in [1.165, 1.54) is 12.0 Å². The van der Waals surface area contributed by atoms with Crippen LogP contribution in [0.4, 0.5) is 0 Å². The first kappa shape index (κ1) is 14.7. The largest absolute Gasteiger partial charge is 0.481 e. The summed E-state index contributed by atoms with van der Waals surface area (Å²) in [4.78, 5) is 12.4. The molecule has 3 rings (SSSR count). The van der Waals surface area contributed by atoms with Gasteiger partial charge >= 0.3 is 5.97 Å². The van der Waals surface area contributed by atoms with Crippen LogP contribution in [0, 0.1) is 5.92 Å². The number of carboxylic acids is 1. The standard InChI is InChI=1S/C16H20N4O2/c21-16(22)11-15-17-19-20(18-15)14-9-5-4-8-13(14)10-12-6-2-1-3-7-12/h1-3,6-7,13-14H,4-5,8-11H2,(H,21,22). The molecule has 0 spiro atoms. The number of aliphatic carboxylic acids is 1. The first-order chi connectivity index (χ1) is 10.7. The summed E-state index contributed by atoms with van der Waals surface area (Å²) in [5.41, 5.74) is 1.32. The summed E-state index contributed by atoms with van der Waals surface area (Å²) in [6.45, 7) is 0. The Balaban J connectivity index is 1.74. The Morgan fingerprint density at radius 2 is 2.00 bits per heavy atom. The molecule has 1 aliphatic carbocycles. The summed E-state index contributed by atoms with van der Waals surface area (Å²) in [6, 6.07) is 10.7. The van der Waals surface area contributed by atoms with Crippen molar-refractivity contribution in [3.63, 3.8) is 0 Å². The van der Waals surface area contributed by atoms with Gasteiger partial charge in [0.25, 0.3) is 0 Å². The van der Waals surface area contributed by atoms with Gasteiger partial charge in [-0.2, -0.15) is 4.80 Å². The smallest absolute Gasteiger partial charge is 0.311 e. The van der Waals surface area contributed by atoms with E-state index in [2.05, 4.69) is 39.7 Å². The molecule has 2 unspecified atom stereocenters. The fourth-order valence-electron chi connectivity index (χ4n) is 3.25. The lowest BCUT2D eigenvalue weighted by Crippen LogP contribution is -2.27. The molecule has 6 heteroatoms. The van der Waals surface area contributed by atoms with Crippen LogP contribution in [0.2, 0.25) is 0 Å². The van der Waals surface area contributed by atoms with Crippen LogP contribution in [0.5, 0.6) is 0 Å². The monoisotopic (exact) mass is 300 g/mol. The molecular formula is C16H20N4O2. The number of nitrogens with zero attached hydrogens (tertiary/aromatic N) is 4. The molecule has 1 aliphatic rings. The van der Waals surface area contributed by atoms with Gasteiger partial charge in [0.1, 0.15) is 6.42 Å². The number of carboxylic acid groups (broad SMARTS) is 1. The van der Waals surface area contributed by atoms with Crippen molar-refractivity contribution in [1.29, 1.82) is 0 Å². The predicted octanol–water partition coefficient (Wildman–Crippen LogP) is 2.27. The Labute approximate surface area is 129 Å². The molecule has 1 aromatic heterocycles. The normalized spacial score (nSPS) is 21.6. The zero-order chi connectivity index (χ0) is 15.4. The number of benzene rings is 1. The minimum atomic E-state index is -0.927. The van der Waals surface area contributed by atoms with Gasteiger partial charge in [-0.1, -0.05) is 43.2 Å². The Hall–Kier alpha value is -2.24. The highest BCUT2D eigenvalue weighted by atomic mass is 16.4. The summed E-state index contributed by atoms with van der Waals surface area (Å²) in [5, 5.41) is 21.1. The topological polar surface area (TPSA) is 80.9 Å². The highest BCUT2D eigenvalue weighted by Crippen LogP contribution is 2.35. The average molecular weight is 300 g/mol. The second kappa shape index (κ2) is 6.68. The van der Waals surface area contributed by atoms with E-state index in [1.807, 2.05) is 6.07 Å². The van der Waals surface area contributed by atoms with Crippen molar-refractivity contribution >= 4 is 5.97 Å². The molecule has 0 saturated heterocycles. The van der Waals surface area contributed by atoms with Gasteiger partial charge in [-0.15, -0.1) is 10.2 Å². The van der Waals surface area contributed by atoms with E-state index in [0.29, 0.717) is 5.92 Å². The van der Waals surface area contributed by atoms with Crippen molar-refractivity contribution in [2.24, 2.45) is 5.92 Å². The van der Waals surface area contributed by atoms with Gasteiger partial charge in [0.2, 0.25) is 0 Å². The molecule has 2 aromatic rings. The van der Waals surface area contributed by atoms with E-state index < -0.39 is 5.97 Å². The maximum atomic E-state index is 10.7. The van der Waals surface area contributed by atoms with Gasteiger partial charge in [-0.05, 0) is 36.0 Å². The molecule has 116 valence electrons. The van der Waals surface area contributed by atoms with Crippen molar-refractivity contribution in [3.05, 3.63) is 41.7 Å². The zero-order valence-corrected chi connectivity index (χ0v) is 12.4. The molecule has 1 saturated carbocycles. The van der Waals surface area contributed by atoms with E-state index in [0.717, 1.165) is 25.7 Å². The van der Waals surface area contributed by atoms with Crippen LogP contribution in [0.1, 0.15) is 43.1 Å². The number of rotatable bonds is 5. The first-order valence-corrected chi connectivity index (χ1v) is 7.76. The second-order valence-corrected chi connectivity index (χ2v) is 5.90. The van der Waals surface area contributed by atoms with Gasteiger partial charge in [0.05, 0.1) is 6.04 Å². The SMILES string of the molecule is O=C(O)Cc1nnn(C2CCCCC2Cc2ccccc2)n1. The quantitative estimate of drug-likeness (QED) is 0.916. The van der Waals surface area contributed by atoms with Gasteiger partial charge in [0.15, 0.2) is 5.82 Å². The Morgan fingerprint density at radius 3 is 2.77 bits per heavy atom. The highest BCUT2D eigenvalue weighted by Gasteiger charge is 2.28. The molecule has 1 N–H and O–H groups in total. The van der Waals surface area contributed by atoms with E-state index in [-0.39, 0.29) is 18.3 Å². The molecule has 1 heterocycles. The summed E-state index contributed by atoms with van der Waals surface area (Å²) in [6.07, 6.45) is 5.39. The molecule has 0 aliphatic heterocycles. The summed E-state index contributed by atoms with van der Waals surface area (Å²) in [5.74, 6) is -0.163. The lowest BCUT2D eigenvalue weighted by Gasteiger charge is -2.30. The van der Waals surface area contributed by atoms with Gasteiger partial charge < -0.3 is 5.11 Å². The molecule has 0 amide bonds.